The molecular formula is C21H27N5O4S. The molecule has 10 heteroatoms. The minimum atomic E-state index is -0.369. The van der Waals surface area contributed by atoms with Gasteiger partial charge in [-0.1, -0.05) is 0 Å². The van der Waals surface area contributed by atoms with Gasteiger partial charge in [-0.15, -0.1) is 0 Å². The van der Waals surface area contributed by atoms with Gasteiger partial charge in [0.05, 0.1) is 25.1 Å². The Bertz CT molecular complexity index is 928. The predicted octanol–water partition coefficient (Wildman–Crippen LogP) is 2.13. The van der Waals surface area contributed by atoms with Crippen molar-refractivity contribution in [1.82, 2.24) is 19.6 Å². The smallest absolute Gasteiger partial charge is 0.320 e. The van der Waals surface area contributed by atoms with E-state index in [0.717, 1.165) is 11.4 Å². The van der Waals surface area contributed by atoms with Crippen LogP contribution in [-0.4, -0.2) is 63.6 Å². The first-order chi connectivity index (χ1) is 14.9. The number of anilines is 1. The Morgan fingerprint density at radius 2 is 2.13 bits per heavy atom. The number of methoxy groups -OCH3 is 1. The Hall–Kier alpha value is -2.72. The highest BCUT2D eigenvalue weighted by molar-refractivity contribution is 7.10. The Morgan fingerprint density at radius 1 is 1.32 bits per heavy atom. The molecule has 2 atom stereocenters. The van der Waals surface area contributed by atoms with Crippen molar-refractivity contribution in [3.05, 3.63) is 35.8 Å². The summed E-state index contributed by atoms with van der Waals surface area (Å²) in [5.41, 5.74) is 1.65. The molecule has 1 saturated carbocycles. The van der Waals surface area contributed by atoms with E-state index in [1.165, 1.54) is 11.5 Å². The molecule has 2 aromatic heterocycles. The number of pyridine rings is 1. The molecule has 2 aromatic rings. The average molecular weight is 446 g/mol. The number of urea groups is 1. The molecule has 0 spiro atoms. The van der Waals surface area contributed by atoms with Gasteiger partial charge in [0, 0.05) is 36.7 Å². The molecule has 1 saturated heterocycles. The Labute approximate surface area is 185 Å². The van der Waals surface area contributed by atoms with Crippen LogP contribution in [0.25, 0.3) is 0 Å². The Balaban J connectivity index is 1.47. The van der Waals surface area contributed by atoms with Gasteiger partial charge >= 0.3 is 6.03 Å². The summed E-state index contributed by atoms with van der Waals surface area (Å²) < 4.78 is 9.38. The average Bonchev–Trinajstić information content (AvgIpc) is 3.15. The molecule has 9 nitrogen and oxygen atoms in total. The van der Waals surface area contributed by atoms with Crippen LogP contribution in [0.15, 0.2) is 24.4 Å². The number of carbonyl (C=O) groups excluding carboxylic acids is 2. The molecular weight excluding hydrogens is 418 g/mol. The number of hydrogen-bond donors (Lipinski definition) is 3. The van der Waals surface area contributed by atoms with E-state index in [9.17, 15) is 14.7 Å². The zero-order chi connectivity index (χ0) is 22.0. The van der Waals surface area contributed by atoms with Gasteiger partial charge in [-0.05, 0) is 55.9 Å². The topological polar surface area (TPSA) is 117 Å². The van der Waals surface area contributed by atoms with E-state index >= 15 is 0 Å². The van der Waals surface area contributed by atoms with Crippen molar-refractivity contribution in [1.29, 1.82) is 0 Å². The van der Waals surface area contributed by atoms with Crippen molar-refractivity contribution in [2.24, 2.45) is 5.92 Å². The number of hydrogen-bond acceptors (Lipinski definition) is 7. The van der Waals surface area contributed by atoms with Crippen molar-refractivity contribution in [2.45, 2.75) is 44.2 Å². The number of carbonyl (C=O) groups is 2. The van der Waals surface area contributed by atoms with E-state index in [1.54, 1.807) is 13.3 Å². The molecule has 2 fully saturated rings. The zero-order valence-corrected chi connectivity index (χ0v) is 18.4. The second kappa shape index (κ2) is 9.19. The number of likely N-dealkylation sites (tertiary alicyclic amines) is 1. The summed E-state index contributed by atoms with van der Waals surface area (Å²) >= 11 is 1.24. The number of rotatable bonds is 5. The normalized spacial score (nSPS) is 25.5. The van der Waals surface area contributed by atoms with Crippen LogP contribution in [0.2, 0.25) is 0 Å². The highest BCUT2D eigenvalue weighted by Gasteiger charge is 2.40. The third-order valence-electron chi connectivity index (χ3n) is 5.94. The maximum Gasteiger partial charge on any atom is 0.320 e. The number of piperidine rings is 1. The van der Waals surface area contributed by atoms with Crippen molar-refractivity contribution in [2.75, 3.05) is 25.5 Å². The summed E-state index contributed by atoms with van der Waals surface area (Å²) in [5.74, 6) is 0.468. The van der Waals surface area contributed by atoms with Crippen molar-refractivity contribution < 1.29 is 19.4 Å². The fraction of sp³-hybridized carbons (Fsp3) is 0.524. The number of nitrogens with zero attached hydrogens (tertiary/aromatic N) is 3. The quantitative estimate of drug-likeness (QED) is 0.649. The highest BCUT2D eigenvalue weighted by atomic mass is 32.1. The van der Waals surface area contributed by atoms with Gasteiger partial charge in [0.2, 0.25) is 5.91 Å². The number of amides is 3. The third kappa shape index (κ3) is 4.96. The molecule has 3 N–H and O–H groups in total. The predicted molar refractivity (Wildman–Crippen MR) is 116 cm³/mol. The van der Waals surface area contributed by atoms with Crippen molar-refractivity contribution in [3.63, 3.8) is 0 Å². The summed E-state index contributed by atoms with van der Waals surface area (Å²) in [6.45, 7) is 2.90. The Morgan fingerprint density at radius 3 is 2.74 bits per heavy atom. The van der Waals surface area contributed by atoms with Gasteiger partial charge in [-0.25, -0.2) is 4.79 Å². The van der Waals surface area contributed by atoms with E-state index in [4.69, 9.17) is 4.74 Å². The molecule has 31 heavy (non-hydrogen) atoms. The summed E-state index contributed by atoms with van der Waals surface area (Å²) in [4.78, 5) is 31.8. The van der Waals surface area contributed by atoms with E-state index in [0.29, 0.717) is 43.1 Å². The van der Waals surface area contributed by atoms with Crippen LogP contribution in [-0.2, 0) is 4.79 Å². The molecule has 2 aliphatic rings. The van der Waals surface area contributed by atoms with Gasteiger partial charge in [0.1, 0.15) is 10.8 Å². The van der Waals surface area contributed by atoms with Crippen LogP contribution in [0.4, 0.5) is 9.80 Å². The number of nitrogens with one attached hydrogen (secondary N) is 2. The number of aliphatic hydroxyl groups is 1. The molecule has 1 aliphatic carbocycles. The lowest BCUT2D eigenvalue weighted by atomic mass is 9.80. The molecule has 3 amide bonds. The zero-order valence-electron chi connectivity index (χ0n) is 17.6. The molecule has 0 unspecified atom stereocenters. The fourth-order valence-electron chi connectivity index (χ4n) is 4.14. The maximum absolute atomic E-state index is 12.8. The van der Waals surface area contributed by atoms with E-state index in [-0.39, 0.29) is 35.9 Å². The molecule has 166 valence electrons. The maximum atomic E-state index is 12.8. The van der Waals surface area contributed by atoms with E-state index in [2.05, 4.69) is 20.0 Å². The summed E-state index contributed by atoms with van der Waals surface area (Å²) in [6.07, 6.45) is 2.95. The summed E-state index contributed by atoms with van der Waals surface area (Å²) in [6, 6.07) is 5.06. The fourth-order valence-corrected chi connectivity index (χ4v) is 4.80. The number of ether oxygens (including phenoxy) is 1. The highest BCUT2D eigenvalue weighted by Crippen LogP contribution is 2.33. The van der Waals surface area contributed by atoms with Crippen molar-refractivity contribution in [3.8, 4) is 5.75 Å². The SMILES string of the molecule is COc1ccc([C@@H]2CN(C(=O)C3CC(O)C3)CC[C@H]2NC(=O)Nc2cc(C)ns2)nc1. The minimum absolute atomic E-state index is 0.0758. The first kappa shape index (κ1) is 21.5. The number of aliphatic hydroxyl groups excluding tert-OH is 1. The largest absolute Gasteiger partial charge is 0.495 e. The van der Waals surface area contributed by atoms with Crippen LogP contribution in [0, 0.1) is 12.8 Å². The Kier molecular flexibility index (Phi) is 6.38. The van der Waals surface area contributed by atoms with Crippen molar-refractivity contribution >= 4 is 28.5 Å². The second-order valence-electron chi connectivity index (χ2n) is 8.16. The first-order valence-electron chi connectivity index (χ1n) is 10.4. The molecule has 4 rings (SSSR count). The van der Waals surface area contributed by atoms with E-state index in [1.807, 2.05) is 30.0 Å². The lowest BCUT2D eigenvalue weighted by Crippen LogP contribution is -2.54. The van der Waals surface area contributed by atoms with Crippen LogP contribution in [0.1, 0.15) is 36.6 Å². The monoisotopic (exact) mass is 445 g/mol. The molecule has 0 radical (unpaired) electrons. The lowest BCUT2D eigenvalue weighted by molar-refractivity contribution is -0.143. The molecule has 1 aliphatic heterocycles. The molecule has 0 bridgehead atoms. The second-order valence-corrected chi connectivity index (χ2v) is 8.97. The number of aromatic nitrogens is 2. The summed E-state index contributed by atoms with van der Waals surface area (Å²) in [7, 11) is 1.58. The van der Waals surface area contributed by atoms with Crippen LogP contribution >= 0.6 is 11.5 Å². The van der Waals surface area contributed by atoms with Gasteiger partial charge in [0.15, 0.2) is 0 Å². The van der Waals surface area contributed by atoms with Gasteiger partial charge < -0.3 is 20.1 Å². The van der Waals surface area contributed by atoms with Crippen LogP contribution in [0.3, 0.4) is 0 Å². The van der Waals surface area contributed by atoms with Crippen LogP contribution < -0.4 is 15.4 Å². The summed E-state index contributed by atoms with van der Waals surface area (Å²) in [5, 5.41) is 16.1. The third-order valence-corrected chi connectivity index (χ3v) is 6.74. The van der Waals surface area contributed by atoms with Crippen LogP contribution in [0.5, 0.6) is 5.75 Å². The molecule has 3 heterocycles. The van der Waals surface area contributed by atoms with Gasteiger partial charge in [-0.3, -0.25) is 15.1 Å². The first-order valence-corrected chi connectivity index (χ1v) is 11.2. The van der Waals surface area contributed by atoms with Gasteiger partial charge in [-0.2, -0.15) is 4.37 Å². The number of aryl methyl sites for hydroxylation is 1. The lowest BCUT2D eigenvalue weighted by Gasteiger charge is -2.42. The minimum Gasteiger partial charge on any atom is -0.495 e. The van der Waals surface area contributed by atoms with E-state index < -0.39 is 0 Å². The van der Waals surface area contributed by atoms with Gasteiger partial charge in [0.25, 0.3) is 0 Å². The standard InChI is InChI=1S/C21H27N5O4S/c1-12-7-19(31-25-12)24-21(29)23-18-5-6-26(20(28)13-8-14(27)9-13)11-16(18)17-4-3-15(30-2)10-22-17/h3-4,7,10,13-14,16,18,27H,5-6,8-9,11H2,1-2H3,(H2,23,24,29)/t13?,14?,16-,18+/m0/s1. The molecule has 0 aromatic carbocycles.